The summed E-state index contributed by atoms with van der Waals surface area (Å²) in [4.78, 5) is 23.9. The number of rotatable bonds is 7. The van der Waals surface area contributed by atoms with E-state index in [4.69, 9.17) is 0 Å². The second-order valence-electron chi connectivity index (χ2n) is 5.52. The first kappa shape index (κ1) is 17.7. The van der Waals surface area contributed by atoms with Gasteiger partial charge in [-0.05, 0) is 36.8 Å². The fraction of sp³-hybridized carbons (Fsp3) is 0.263. The van der Waals surface area contributed by atoms with Crippen molar-refractivity contribution in [2.75, 3.05) is 10.6 Å². The van der Waals surface area contributed by atoms with Crippen molar-refractivity contribution in [3.05, 3.63) is 59.9 Å². The van der Waals surface area contributed by atoms with E-state index in [0.29, 0.717) is 17.8 Å². The Kier molecular flexibility index (Phi) is 6.49. The summed E-state index contributed by atoms with van der Waals surface area (Å²) in [5, 5.41) is 5.44. The minimum absolute atomic E-state index is 0.0218. The molecule has 0 aliphatic heterocycles. The number of hydrogen-bond acceptors (Lipinski definition) is 2. The van der Waals surface area contributed by atoms with E-state index in [2.05, 4.69) is 17.6 Å². The van der Waals surface area contributed by atoms with Gasteiger partial charge in [-0.1, -0.05) is 38.0 Å². The minimum atomic E-state index is -0.574. The lowest BCUT2D eigenvalue weighted by atomic mass is 10.2. The first-order chi connectivity index (χ1) is 11.6. The van der Waals surface area contributed by atoms with Crippen LogP contribution in [0.5, 0.6) is 0 Å². The molecule has 5 heteroatoms. The highest BCUT2D eigenvalue weighted by molar-refractivity contribution is 6.04. The van der Waals surface area contributed by atoms with Crippen molar-refractivity contribution in [2.24, 2.45) is 0 Å². The van der Waals surface area contributed by atoms with Crippen molar-refractivity contribution < 1.29 is 14.0 Å². The molecule has 0 unspecified atom stereocenters. The summed E-state index contributed by atoms with van der Waals surface area (Å²) >= 11 is 0. The van der Waals surface area contributed by atoms with Crippen LogP contribution >= 0.6 is 0 Å². The number of amides is 2. The molecule has 0 bridgehead atoms. The zero-order valence-corrected chi connectivity index (χ0v) is 13.6. The highest BCUT2D eigenvalue weighted by Gasteiger charge is 2.11. The number of halogens is 1. The van der Waals surface area contributed by atoms with Crippen LogP contribution in [0.3, 0.4) is 0 Å². The maximum absolute atomic E-state index is 13.6. The Balaban J connectivity index is 1.99. The third-order valence-corrected chi connectivity index (χ3v) is 3.53. The summed E-state index contributed by atoms with van der Waals surface area (Å²) in [7, 11) is 0. The van der Waals surface area contributed by atoms with Crippen LogP contribution in [-0.4, -0.2) is 11.8 Å². The molecule has 2 aromatic rings. The first-order valence-electron chi connectivity index (χ1n) is 8.06. The van der Waals surface area contributed by atoms with E-state index in [1.807, 2.05) is 0 Å². The number of hydrogen-bond donors (Lipinski definition) is 2. The quantitative estimate of drug-likeness (QED) is 0.730. The molecule has 0 aromatic heterocycles. The molecule has 2 amide bonds. The van der Waals surface area contributed by atoms with Gasteiger partial charge in [-0.3, -0.25) is 9.59 Å². The molecule has 0 saturated carbocycles. The van der Waals surface area contributed by atoms with Gasteiger partial charge in [0.15, 0.2) is 0 Å². The van der Waals surface area contributed by atoms with Gasteiger partial charge in [0.1, 0.15) is 5.82 Å². The fourth-order valence-electron chi connectivity index (χ4n) is 2.28. The Morgan fingerprint density at radius 2 is 1.67 bits per heavy atom. The summed E-state index contributed by atoms with van der Waals surface area (Å²) < 4.78 is 13.6. The average Bonchev–Trinajstić information content (AvgIpc) is 2.55. The number of carbonyl (C=O) groups is 2. The van der Waals surface area contributed by atoms with Crippen molar-refractivity contribution in [3.63, 3.8) is 0 Å². The number of nitrogens with one attached hydrogen (secondary N) is 2. The standard InChI is InChI=1S/C19H21FN2O2/c1-2-3-4-12-18(23)21-14-8-7-9-15(13-14)22-19(24)16-10-5-6-11-17(16)20/h5-11,13H,2-4,12H2,1H3,(H,21,23)(H,22,24). The van der Waals surface area contributed by atoms with E-state index in [0.717, 1.165) is 19.3 Å². The molecular weight excluding hydrogens is 307 g/mol. The Morgan fingerprint density at radius 1 is 0.958 bits per heavy atom. The van der Waals surface area contributed by atoms with Gasteiger partial charge in [0, 0.05) is 17.8 Å². The van der Waals surface area contributed by atoms with E-state index in [-0.39, 0.29) is 11.5 Å². The van der Waals surface area contributed by atoms with Gasteiger partial charge in [-0.25, -0.2) is 4.39 Å². The van der Waals surface area contributed by atoms with Crippen LogP contribution in [-0.2, 0) is 4.79 Å². The summed E-state index contributed by atoms with van der Waals surface area (Å²) in [6, 6.07) is 12.6. The second kappa shape index (κ2) is 8.82. The predicted molar refractivity (Wildman–Crippen MR) is 93.6 cm³/mol. The smallest absolute Gasteiger partial charge is 0.258 e. The third kappa shape index (κ3) is 5.19. The van der Waals surface area contributed by atoms with Crippen molar-refractivity contribution in [1.82, 2.24) is 0 Å². The van der Waals surface area contributed by atoms with Gasteiger partial charge >= 0.3 is 0 Å². The van der Waals surface area contributed by atoms with Crippen molar-refractivity contribution in [3.8, 4) is 0 Å². The van der Waals surface area contributed by atoms with Gasteiger partial charge < -0.3 is 10.6 Å². The maximum atomic E-state index is 13.6. The molecule has 0 aliphatic rings. The summed E-state index contributed by atoms with van der Waals surface area (Å²) in [6.07, 6.45) is 3.41. The largest absolute Gasteiger partial charge is 0.326 e. The number of carbonyl (C=O) groups excluding carboxylic acids is 2. The zero-order valence-electron chi connectivity index (χ0n) is 13.6. The molecule has 0 heterocycles. The molecule has 0 atom stereocenters. The lowest BCUT2D eigenvalue weighted by Gasteiger charge is -2.09. The third-order valence-electron chi connectivity index (χ3n) is 3.53. The fourth-order valence-corrected chi connectivity index (χ4v) is 2.28. The molecular formula is C19H21FN2O2. The molecule has 4 nitrogen and oxygen atoms in total. The van der Waals surface area contributed by atoms with Gasteiger partial charge in [0.05, 0.1) is 5.56 Å². The topological polar surface area (TPSA) is 58.2 Å². The molecule has 126 valence electrons. The van der Waals surface area contributed by atoms with E-state index < -0.39 is 11.7 Å². The molecule has 0 radical (unpaired) electrons. The van der Waals surface area contributed by atoms with Crippen molar-refractivity contribution >= 4 is 23.2 Å². The lowest BCUT2D eigenvalue weighted by Crippen LogP contribution is -2.14. The zero-order chi connectivity index (χ0) is 17.4. The minimum Gasteiger partial charge on any atom is -0.326 e. The Labute approximate surface area is 141 Å². The summed E-state index contributed by atoms with van der Waals surface area (Å²) in [6.45, 7) is 2.08. The highest BCUT2D eigenvalue weighted by Crippen LogP contribution is 2.17. The van der Waals surface area contributed by atoms with Gasteiger partial charge in [-0.2, -0.15) is 0 Å². The van der Waals surface area contributed by atoms with Crippen LogP contribution in [0.1, 0.15) is 43.0 Å². The number of unbranched alkanes of at least 4 members (excludes halogenated alkanes) is 2. The van der Waals surface area contributed by atoms with Gasteiger partial charge in [-0.15, -0.1) is 0 Å². The lowest BCUT2D eigenvalue weighted by molar-refractivity contribution is -0.116. The van der Waals surface area contributed by atoms with Gasteiger partial charge in [0.2, 0.25) is 5.91 Å². The normalized spacial score (nSPS) is 10.2. The maximum Gasteiger partial charge on any atom is 0.258 e. The number of benzene rings is 2. The number of anilines is 2. The molecule has 2 N–H and O–H groups in total. The van der Waals surface area contributed by atoms with Gasteiger partial charge in [0.25, 0.3) is 5.91 Å². The predicted octanol–water partition coefficient (Wildman–Crippen LogP) is 4.60. The molecule has 24 heavy (non-hydrogen) atoms. The van der Waals surface area contributed by atoms with Crippen LogP contribution in [0.25, 0.3) is 0 Å². The van der Waals surface area contributed by atoms with Crippen molar-refractivity contribution in [2.45, 2.75) is 32.6 Å². The van der Waals surface area contributed by atoms with E-state index in [1.54, 1.807) is 30.3 Å². The molecule has 0 saturated heterocycles. The van der Waals surface area contributed by atoms with E-state index in [1.165, 1.54) is 18.2 Å². The second-order valence-corrected chi connectivity index (χ2v) is 5.52. The Bertz CT molecular complexity index is 716. The molecule has 0 spiro atoms. The van der Waals surface area contributed by atoms with E-state index >= 15 is 0 Å². The molecule has 0 fully saturated rings. The van der Waals surface area contributed by atoms with E-state index in [9.17, 15) is 14.0 Å². The summed E-state index contributed by atoms with van der Waals surface area (Å²) in [5.74, 6) is -1.16. The van der Waals surface area contributed by atoms with Crippen molar-refractivity contribution in [1.29, 1.82) is 0 Å². The SMILES string of the molecule is CCCCCC(=O)Nc1cccc(NC(=O)c2ccccc2F)c1. The first-order valence-corrected chi connectivity index (χ1v) is 8.06. The summed E-state index contributed by atoms with van der Waals surface area (Å²) in [5.41, 5.74) is 1.07. The van der Waals surface area contributed by atoms with Crippen LogP contribution in [0.2, 0.25) is 0 Å². The average molecular weight is 328 g/mol. The van der Waals surface area contributed by atoms with Crippen LogP contribution < -0.4 is 10.6 Å². The molecule has 2 aromatic carbocycles. The van der Waals surface area contributed by atoms with Crippen LogP contribution in [0.4, 0.5) is 15.8 Å². The van der Waals surface area contributed by atoms with Crippen LogP contribution in [0.15, 0.2) is 48.5 Å². The Morgan fingerprint density at radius 3 is 2.38 bits per heavy atom. The highest BCUT2D eigenvalue weighted by atomic mass is 19.1. The molecule has 2 rings (SSSR count). The monoisotopic (exact) mass is 328 g/mol. The Hall–Kier alpha value is -2.69. The molecule has 0 aliphatic carbocycles. The van der Waals surface area contributed by atoms with Crippen LogP contribution in [0, 0.1) is 5.82 Å².